The highest BCUT2D eigenvalue weighted by Gasteiger charge is 2.25. The fourth-order valence-corrected chi connectivity index (χ4v) is 3.37. The second-order valence-corrected chi connectivity index (χ2v) is 6.38. The molecule has 0 aromatic heterocycles. The Kier molecular flexibility index (Phi) is 4.02. The molecule has 19 heavy (non-hydrogen) atoms. The summed E-state index contributed by atoms with van der Waals surface area (Å²) in [6, 6.07) is 3.77. The lowest BCUT2D eigenvalue weighted by Crippen LogP contribution is -2.33. The molecule has 1 aliphatic rings. The quantitative estimate of drug-likeness (QED) is 0.820. The molecule has 0 atom stereocenters. The Bertz CT molecular complexity index is 598. The van der Waals surface area contributed by atoms with E-state index in [1.165, 1.54) is 16.4 Å². The number of nitrogens with two attached hydrogens (primary N) is 1. The number of benzene rings is 1. The highest BCUT2D eigenvalue weighted by molar-refractivity contribution is 7.90. The van der Waals surface area contributed by atoms with Crippen LogP contribution in [0.25, 0.3) is 0 Å². The van der Waals surface area contributed by atoms with Gasteiger partial charge in [-0.05, 0) is 31.0 Å². The van der Waals surface area contributed by atoms with Gasteiger partial charge < -0.3 is 5.73 Å². The molecule has 1 saturated heterocycles. The number of anilines is 1. The molecule has 104 valence electrons. The normalized spacial score (nSPS) is 16.5. The molecule has 2 rings (SSSR count). The third-order valence-electron chi connectivity index (χ3n) is 2.88. The van der Waals surface area contributed by atoms with Crippen molar-refractivity contribution in [2.24, 2.45) is 5.73 Å². The molecule has 1 aromatic carbocycles. The summed E-state index contributed by atoms with van der Waals surface area (Å²) in [7, 11) is -3.59. The number of nitrogens with zero attached hydrogens (tertiary/aromatic N) is 1. The molecule has 8 heteroatoms. The van der Waals surface area contributed by atoms with Gasteiger partial charge in [0.25, 0.3) is 0 Å². The van der Waals surface area contributed by atoms with Gasteiger partial charge in [0.05, 0.1) is 5.69 Å². The molecule has 0 amide bonds. The number of hydrogen-bond donors (Lipinski definition) is 2. The Morgan fingerprint density at radius 1 is 1.37 bits per heavy atom. The van der Waals surface area contributed by atoms with E-state index in [0.29, 0.717) is 13.1 Å². The Morgan fingerprint density at radius 3 is 2.58 bits per heavy atom. The zero-order valence-corrected chi connectivity index (χ0v) is 11.7. The van der Waals surface area contributed by atoms with E-state index < -0.39 is 16.0 Å². The summed E-state index contributed by atoms with van der Waals surface area (Å²) < 4.78 is 41.2. The molecule has 0 aliphatic carbocycles. The molecule has 0 unspecified atom stereocenters. The van der Waals surface area contributed by atoms with E-state index in [-0.39, 0.29) is 16.2 Å². The van der Waals surface area contributed by atoms with Gasteiger partial charge in [0.15, 0.2) is 0 Å². The molecule has 0 saturated carbocycles. The first kappa shape index (κ1) is 14.2. The van der Waals surface area contributed by atoms with E-state index in [1.54, 1.807) is 0 Å². The molecule has 1 fully saturated rings. The van der Waals surface area contributed by atoms with Crippen molar-refractivity contribution in [3.8, 4) is 0 Å². The van der Waals surface area contributed by atoms with Gasteiger partial charge >= 0.3 is 10.2 Å². The predicted molar refractivity (Wildman–Crippen MR) is 75.6 cm³/mol. The van der Waals surface area contributed by atoms with Crippen LogP contribution in [0.3, 0.4) is 0 Å². The van der Waals surface area contributed by atoms with Gasteiger partial charge in [-0.3, -0.25) is 4.72 Å². The van der Waals surface area contributed by atoms with Gasteiger partial charge in [0, 0.05) is 18.7 Å². The maximum absolute atomic E-state index is 13.4. The Morgan fingerprint density at radius 2 is 2.00 bits per heavy atom. The van der Waals surface area contributed by atoms with E-state index in [0.717, 1.165) is 18.9 Å². The number of rotatable bonds is 4. The molecule has 0 radical (unpaired) electrons. The minimum Gasteiger partial charge on any atom is -0.389 e. The maximum Gasteiger partial charge on any atom is 0.301 e. The predicted octanol–water partition coefficient (Wildman–Crippen LogP) is 1.21. The second kappa shape index (κ2) is 5.40. The number of nitrogens with one attached hydrogen (secondary N) is 1. The van der Waals surface area contributed by atoms with Crippen molar-refractivity contribution >= 4 is 33.1 Å². The maximum atomic E-state index is 13.4. The molecule has 1 aliphatic heterocycles. The molecule has 1 aromatic rings. The first-order chi connectivity index (χ1) is 8.90. The molecular formula is C11H14FN3O2S2. The zero-order valence-electron chi connectivity index (χ0n) is 10.1. The largest absolute Gasteiger partial charge is 0.389 e. The van der Waals surface area contributed by atoms with Gasteiger partial charge in [-0.15, -0.1) is 0 Å². The van der Waals surface area contributed by atoms with Crippen LogP contribution in [0.5, 0.6) is 0 Å². The van der Waals surface area contributed by atoms with Crippen molar-refractivity contribution in [1.82, 2.24) is 4.31 Å². The Labute approximate surface area is 116 Å². The van der Waals surface area contributed by atoms with E-state index in [4.69, 9.17) is 18.0 Å². The molecule has 0 bridgehead atoms. The zero-order chi connectivity index (χ0) is 14.0. The summed E-state index contributed by atoms with van der Waals surface area (Å²) in [6.45, 7) is 0.997. The summed E-state index contributed by atoms with van der Waals surface area (Å²) in [6.07, 6.45) is 1.70. The van der Waals surface area contributed by atoms with E-state index in [2.05, 4.69) is 4.72 Å². The highest BCUT2D eigenvalue weighted by atomic mass is 32.2. The lowest BCUT2D eigenvalue weighted by atomic mass is 10.2. The van der Waals surface area contributed by atoms with Crippen molar-refractivity contribution in [2.75, 3.05) is 17.8 Å². The fourth-order valence-electron chi connectivity index (χ4n) is 1.92. The van der Waals surface area contributed by atoms with Crippen LogP contribution in [0.15, 0.2) is 18.2 Å². The highest BCUT2D eigenvalue weighted by Crippen LogP contribution is 2.19. The summed E-state index contributed by atoms with van der Waals surface area (Å²) in [5.74, 6) is -0.573. The van der Waals surface area contributed by atoms with E-state index >= 15 is 0 Å². The monoisotopic (exact) mass is 303 g/mol. The first-order valence-electron chi connectivity index (χ1n) is 5.77. The second-order valence-electron chi connectivity index (χ2n) is 4.27. The van der Waals surface area contributed by atoms with Crippen LogP contribution in [-0.4, -0.2) is 30.8 Å². The van der Waals surface area contributed by atoms with Crippen molar-refractivity contribution in [3.05, 3.63) is 29.6 Å². The SMILES string of the molecule is NC(=S)c1cc(NS(=O)(=O)N2CCCC2)ccc1F. The van der Waals surface area contributed by atoms with Crippen molar-refractivity contribution in [3.63, 3.8) is 0 Å². The number of halogens is 1. The summed E-state index contributed by atoms with van der Waals surface area (Å²) in [5, 5.41) is 0. The van der Waals surface area contributed by atoms with Crippen LogP contribution in [0.1, 0.15) is 18.4 Å². The summed E-state index contributed by atoms with van der Waals surface area (Å²) >= 11 is 4.71. The number of thiocarbonyl (C=S) groups is 1. The van der Waals surface area contributed by atoms with Crippen LogP contribution in [0.2, 0.25) is 0 Å². The van der Waals surface area contributed by atoms with Crippen LogP contribution < -0.4 is 10.5 Å². The average Bonchev–Trinajstić information content (AvgIpc) is 2.85. The average molecular weight is 303 g/mol. The lowest BCUT2D eigenvalue weighted by molar-refractivity contribution is 0.482. The van der Waals surface area contributed by atoms with Crippen LogP contribution in [-0.2, 0) is 10.2 Å². The van der Waals surface area contributed by atoms with Crippen LogP contribution >= 0.6 is 12.2 Å². The van der Waals surface area contributed by atoms with Crippen LogP contribution in [0.4, 0.5) is 10.1 Å². The van der Waals surface area contributed by atoms with Crippen molar-refractivity contribution in [1.29, 1.82) is 0 Å². The number of hydrogen-bond acceptors (Lipinski definition) is 3. The van der Waals surface area contributed by atoms with Crippen molar-refractivity contribution < 1.29 is 12.8 Å². The third-order valence-corrected chi connectivity index (χ3v) is 4.64. The van der Waals surface area contributed by atoms with E-state index in [1.807, 2.05) is 0 Å². The summed E-state index contributed by atoms with van der Waals surface area (Å²) in [5.41, 5.74) is 5.64. The smallest absolute Gasteiger partial charge is 0.301 e. The Balaban J connectivity index is 2.23. The molecule has 5 nitrogen and oxygen atoms in total. The Hall–Kier alpha value is -1.25. The molecule has 1 heterocycles. The fraction of sp³-hybridized carbons (Fsp3) is 0.364. The van der Waals surface area contributed by atoms with Gasteiger partial charge in [-0.2, -0.15) is 12.7 Å². The topological polar surface area (TPSA) is 75.4 Å². The third kappa shape index (κ3) is 3.20. The van der Waals surface area contributed by atoms with Gasteiger partial charge in [-0.25, -0.2) is 4.39 Å². The lowest BCUT2D eigenvalue weighted by Gasteiger charge is -2.17. The first-order valence-corrected chi connectivity index (χ1v) is 7.62. The van der Waals surface area contributed by atoms with Gasteiger partial charge in [0.1, 0.15) is 10.8 Å². The van der Waals surface area contributed by atoms with Crippen LogP contribution in [0, 0.1) is 5.82 Å². The standard InChI is InChI=1S/C11H14FN3O2S2/c12-10-4-3-8(7-9(10)11(13)18)14-19(16,17)15-5-1-2-6-15/h3-4,7,14H,1-2,5-6H2,(H2,13,18). The minimum atomic E-state index is -3.59. The van der Waals surface area contributed by atoms with Gasteiger partial charge in [0.2, 0.25) is 0 Å². The summed E-state index contributed by atoms with van der Waals surface area (Å²) in [4.78, 5) is -0.111. The van der Waals surface area contributed by atoms with E-state index in [9.17, 15) is 12.8 Å². The molecular weight excluding hydrogens is 289 g/mol. The molecule has 0 spiro atoms. The molecule has 3 N–H and O–H groups in total. The minimum absolute atomic E-state index is 0.0246. The van der Waals surface area contributed by atoms with Gasteiger partial charge in [-0.1, -0.05) is 12.2 Å². The van der Waals surface area contributed by atoms with Crippen molar-refractivity contribution in [2.45, 2.75) is 12.8 Å².